The van der Waals surface area contributed by atoms with Gasteiger partial charge in [-0.3, -0.25) is 9.69 Å². The quantitative estimate of drug-likeness (QED) is 0.855. The predicted octanol–water partition coefficient (Wildman–Crippen LogP) is 3.88. The van der Waals surface area contributed by atoms with Crippen LogP contribution in [0.5, 0.6) is 0 Å². The molecule has 0 saturated carbocycles. The molecular weight excluding hydrogens is 341 g/mol. The summed E-state index contributed by atoms with van der Waals surface area (Å²) in [6.45, 7) is 1.86. The second-order valence-electron chi connectivity index (χ2n) is 6.68. The molecule has 0 bridgehead atoms. The molecule has 0 aromatic heterocycles. The Morgan fingerprint density at radius 3 is 2.52 bits per heavy atom. The lowest BCUT2D eigenvalue weighted by Gasteiger charge is -2.44. The normalized spacial score (nSPS) is 19.2. The number of hydrogen-bond acceptors (Lipinski definition) is 3. The number of halogens is 2. The molecule has 1 amide bonds. The van der Waals surface area contributed by atoms with Gasteiger partial charge >= 0.3 is 0 Å². The molecule has 4 nitrogen and oxygen atoms in total. The summed E-state index contributed by atoms with van der Waals surface area (Å²) < 4.78 is 14.0. The maximum absolute atomic E-state index is 14.0. The van der Waals surface area contributed by atoms with Gasteiger partial charge in [-0.15, -0.1) is 0 Å². The van der Waals surface area contributed by atoms with Crippen molar-refractivity contribution in [2.24, 2.45) is 0 Å². The van der Waals surface area contributed by atoms with Crippen LogP contribution in [0, 0.1) is 5.82 Å². The minimum atomic E-state index is -0.593. The zero-order chi connectivity index (χ0) is 17.4. The van der Waals surface area contributed by atoms with E-state index in [1.807, 2.05) is 24.3 Å². The van der Waals surface area contributed by atoms with E-state index in [2.05, 4.69) is 15.5 Å². The number of amides is 1. The molecule has 1 saturated heterocycles. The largest absolute Gasteiger partial charge is 0.369 e. The molecule has 1 fully saturated rings. The molecule has 25 heavy (non-hydrogen) atoms. The third-order valence-corrected chi connectivity index (χ3v) is 5.49. The maximum Gasteiger partial charge on any atom is 0.250 e. The van der Waals surface area contributed by atoms with Crippen LogP contribution in [-0.4, -0.2) is 29.4 Å². The highest BCUT2D eigenvalue weighted by molar-refractivity contribution is 6.31. The summed E-state index contributed by atoms with van der Waals surface area (Å²) in [5.74, 6) is -0.273. The fourth-order valence-corrected chi connectivity index (χ4v) is 3.83. The Balaban J connectivity index is 1.47. The minimum Gasteiger partial charge on any atom is -0.369 e. The number of carbonyl (C=O) groups excluding carboxylic acids is 1. The highest BCUT2D eigenvalue weighted by atomic mass is 35.5. The van der Waals surface area contributed by atoms with Crippen LogP contribution in [0.1, 0.15) is 18.4 Å². The van der Waals surface area contributed by atoms with E-state index in [1.54, 1.807) is 12.1 Å². The second-order valence-corrected chi connectivity index (χ2v) is 7.09. The number of fused-ring (bicyclic) bond motifs is 1. The topological polar surface area (TPSA) is 44.4 Å². The molecule has 0 aliphatic carbocycles. The van der Waals surface area contributed by atoms with Crippen molar-refractivity contribution in [2.45, 2.75) is 24.9 Å². The molecule has 2 N–H and O–H groups in total. The molecule has 130 valence electrons. The first-order valence-corrected chi connectivity index (χ1v) is 8.79. The second kappa shape index (κ2) is 6.32. The Kier molecular flexibility index (Phi) is 4.13. The van der Waals surface area contributed by atoms with Crippen molar-refractivity contribution in [3.05, 3.63) is 58.9 Å². The fourth-order valence-electron chi connectivity index (χ4n) is 3.61. The van der Waals surface area contributed by atoms with Crippen LogP contribution in [0.2, 0.25) is 5.02 Å². The number of likely N-dealkylation sites (tertiary alicyclic amines) is 1. The Hall–Kier alpha value is -2.11. The van der Waals surface area contributed by atoms with E-state index in [-0.39, 0.29) is 11.7 Å². The Morgan fingerprint density at radius 1 is 1.08 bits per heavy atom. The third kappa shape index (κ3) is 2.98. The summed E-state index contributed by atoms with van der Waals surface area (Å²) in [6.07, 6.45) is 1.33. The van der Waals surface area contributed by atoms with E-state index in [0.717, 1.165) is 11.4 Å². The van der Waals surface area contributed by atoms with Crippen molar-refractivity contribution < 1.29 is 9.18 Å². The van der Waals surface area contributed by atoms with E-state index in [4.69, 9.17) is 11.6 Å². The van der Waals surface area contributed by atoms with Crippen LogP contribution in [0.3, 0.4) is 0 Å². The van der Waals surface area contributed by atoms with E-state index in [0.29, 0.717) is 43.1 Å². The number of nitrogens with one attached hydrogen (secondary N) is 2. The summed E-state index contributed by atoms with van der Waals surface area (Å²) in [7, 11) is 0. The van der Waals surface area contributed by atoms with Crippen LogP contribution < -0.4 is 10.6 Å². The lowest BCUT2D eigenvalue weighted by molar-refractivity contribution is -0.122. The zero-order valence-electron chi connectivity index (χ0n) is 13.7. The molecule has 0 atom stereocenters. The Morgan fingerprint density at radius 2 is 1.80 bits per heavy atom. The van der Waals surface area contributed by atoms with Gasteiger partial charge in [-0.05, 0) is 37.1 Å². The van der Waals surface area contributed by atoms with Gasteiger partial charge in [0.1, 0.15) is 11.4 Å². The Bertz CT molecular complexity index is 798. The number of para-hydroxylation sites is 2. The molecule has 6 heteroatoms. The molecule has 2 aliphatic rings. The average Bonchev–Trinajstić information content (AvgIpc) is 2.61. The number of hydrogen-bond donors (Lipinski definition) is 2. The smallest absolute Gasteiger partial charge is 0.250 e. The van der Waals surface area contributed by atoms with Crippen LogP contribution >= 0.6 is 11.6 Å². The van der Waals surface area contributed by atoms with Crippen LogP contribution in [0.25, 0.3) is 0 Å². The van der Waals surface area contributed by atoms with E-state index >= 15 is 0 Å². The predicted molar refractivity (Wildman–Crippen MR) is 97.3 cm³/mol. The third-order valence-electron chi connectivity index (χ3n) is 5.14. The first kappa shape index (κ1) is 16.4. The standard InChI is InChI=1S/C19H19ClFN3O/c20-14-4-3-5-15(21)13(14)12-24-10-8-19(9-11-24)18(25)22-16-6-1-2-7-17(16)23-19/h1-7,23H,8-12H2,(H,22,25). The number of anilines is 2. The molecule has 1 spiro atoms. The highest BCUT2D eigenvalue weighted by Gasteiger charge is 2.44. The van der Waals surface area contributed by atoms with Crippen molar-refractivity contribution >= 4 is 28.9 Å². The molecule has 2 aliphatic heterocycles. The molecule has 0 radical (unpaired) electrons. The van der Waals surface area contributed by atoms with Gasteiger partial charge in [0.15, 0.2) is 0 Å². The van der Waals surface area contributed by atoms with Gasteiger partial charge in [-0.2, -0.15) is 0 Å². The number of benzene rings is 2. The highest BCUT2D eigenvalue weighted by Crippen LogP contribution is 2.36. The number of carbonyl (C=O) groups is 1. The summed E-state index contributed by atoms with van der Waals surface area (Å²) in [5.41, 5.74) is 1.70. The molecule has 2 heterocycles. The van der Waals surface area contributed by atoms with Crippen molar-refractivity contribution in [3.8, 4) is 0 Å². The van der Waals surface area contributed by atoms with Gasteiger partial charge in [0.2, 0.25) is 5.91 Å². The van der Waals surface area contributed by atoms with E-state index in [9.17, 15) is 9.18 Å². The summed E-state index contributed by atoms with van der Waals surface area (Å²) in [5, 5.41) is 6.88. The van der Waals surface area contributed by atoms with E-state index in [1.165, 1.54) is 6.07 Å². The first-order valence-electron chi connectivity index (χ1n) is 8.41. The number of nitrogens with zero attached hydrogens (tertiary/aromatic N) is 1. The van der Waals surface area contributed by atoms with Gasteiger partial charge < -0.3 is 10.6 Å². The monoisotopic (exact) mass is 359 g/mol. The van der Waals surface area contributed by atoms with Crippen LogP contribution in [0.4, 0.5) is 15.8 Å². The minimum absolute atomic E-state index is 0.00905. The van der Waals surface area contributed by atoms with Crippen LogP contribution in [-0.2, 0) is 11.3 Å². The Labute approximate surface area is 151 Å². The number of piperidine rings is 1. The molecule has 0 unspecified atom stereocenters. The SMILES string of the molecule is O=C1Nc2ccccc2NC12CCN(Cc1c(F)cccc1Cl)CC2. The van der Waals surface area contributed by atoms with Crippen molar-refractivity contribution in [2.75, 3.05) is 23.7 Å². The number of rotatable bonds is 2. The summed E-state index contributed by atoms with van der Waals surface area (Å²) in [4.78, 5) is 14.8. The fraction of sp³-hybridized carbons (Fsp3) is 0.316. The lowest BCUT2D eigenvalue weighted by atomic mass is 9.84. The van der Waals surface area contributed by atoms with Gasteiger partial charge in [-0.1, -0.05) is 29.8 Å². The van der Waals surface area contributed by atoms with Crippen molar-refractivity contribution in [1.82, 2.24) is 4.90 Å². The molecular formula is C19H19ClFN3O. The van der Waals surface area contributed by atoms with Gasteiger partial charge in [0.05, 0.1) is 11.4 Å². The summed E-state index contributed by atoms with van der Waals surface area (Å²) in [6, 6.07) is 12.5. The maximum atomic E-state index is 14.0. The van der Waals surface area contributed by atoms with Crippen molar-refractivity contribution in [3.63, 3.8) is 0 Å². The van der Waals surface area contributed by atoms with Crippen LogP contribution in [0.15, 0.2) is 42.5 Å². The van der Waals surface area contributed by atoms with E-state index < -0.39 is 5.54 Å². The summed E-state index contributed by atoms with van der Waals surface area (Å²) >= 11 is 6.13. The molecule has 4 rings (SSSR count). The molecule has 2 aromatic rings. The average molecular weight is 360 g/mol. The van der Waals surface area contributed by atoms with Gasteiger partial charge in [-0.25, -0.2) is 4.39 Å². The first-order chi connectivity index (χ1) is 12.1. The zero-order valence-corrected chi connectivity index (χ0v) is 14.4. The van der Waals surface area contributed by atoms with Gasteiger partial charge in [0, 0.05) is 30.2 Å². The van der Waals surface area contributed by atoms with Crippen molar-refractivity contribution in [1.29, 1.82) is 0 Å². The molecule has 2 aromatic carbocycles. The lowest BCUT2D eigenvalue weighted by Crippen LogP contribution is -2.58. The van der Waals surface area contributed by atoms with Gasteiger partial charge in [0.25, 0.3) is 0 Å².